The van der Waals surface area contributed by atoms with E-state index in [1.165, 1.54) is 6.42 Å². The van der Waals surface area contributed by atoms with Crippen molar-refractivity contribution in [3.8, 4) is 0 Å². The maximum Gasteiger partial charge on any atom is 0.275 e. The van der Waals surface area contributed by atoms with Crippen LogP contribution in [0.15, 0.2) is 4.90 Å². The van der Waals surface area contributed by atoms with Gasteiger partial charge in [0.05, 0.1) is 5.69 Å². The van der Waals surface area contributed by atoms with Crippen molar-refractivity contribution in [1.29, 1.82) is 0 Å². The Morgan fingerprint density at radius 1 is 1.38 bits per heavy atom. The Hall–Kier alpha value is -1.08. The molecule has 0 atom stereocenters. The molecule has 2 aliphatic rings. The Labute approximate surface area is 128 Å². The van der Waals surface area contributed by atoms with Crippen LogP contribution < -0.4 is 0 Å². The van der Waals surface area contributed by atoms with Crippen LogP contribution in [0.5, 0.6) is 0 Å². The zero-order chi connectivity index (χ0) is 15.2. The Balaban J connectivity index is 1.88. The van der Waals surface area contributed by atoms with Crippen LogP contribution in [-0.2, 0) is 9.05 Å². The highest BCUT2D eigenvalue weighted by Gasteiger charge is 2.37. The summed E-state index contributed by atoms with van der Waals surface area (Å²) in [6, 6.07) is 0. The van der Waals surface area contributed by atoms with Gasteiger partial charge in [-0.2, -0.15) is 5.10 Å². The SMILES string of the molecule is CN(CC1CCC1)C(=O)c1n[nH]c(C2CC2)c1S(=O)(=O)Cl. The van der Waals surface area contributed by atoms with Crippen molar-refractivity contribution in [2.75, 3.05) is 13.6 Å². The highest BCUT2D eigenvalue weighted by Crippen LogP contribution is 2.43. The van der Waals surface area contributed by atoms with Gasteiger partial charge in [-0.1, -0.05) is 6.42 Å². The van der Waals surface area contributed by atoms with E-state index in [4.69, 9.17) is 10.7 Å². The van der Waals surface area contributed by atoms with Gasteiger partial charge in [-0.25, -0.2) is 8.42 Å². The van der Waals surface area contributed by atoms with Crippen LogP contribution in [0.3, 0.4) is 0 Å². The number of nitrogens with zero attached hydrogens (tertiary/aromatic N) is 2. The van der Waals surface area contributed by atoms with Gasteiger partial charge < -0.3 is 4.90 Å². The summed E-state index contributed by atoms with van der Waals surface area (Å²) in [7, 11) is 3.20. The predicted octanol–water partition coefficient (Wildman–Crippen LogP) is 2.09. The standard InChI is InChI=1S/C13H18ClN3O3S/c1-17(7-8-3-2-4-8)13(18)11-12(21(14,19)20)10(15-16-11)9-5-6-9/h8-9H,2-7H2,1H3,(H,15,16). The van der Waals surface area contributed by atoms with Gasteiger partial charge in [-0.3, -0.25) is 9.89 Å². The molecule has 1 aromatic rings. The molecule has 0 saturated heterocycles. The van der Waals surface area contributed by atoms with E-state index < -0.39 is 9.05 Å². The summed E-state index contributed by atoms with van der Waals surface area (Å²) in [6.45, 7) is 0.631. The molecule has 2 fully saturated rings. The third-order valence-corrected chi connectivity index (χ3v) is 5.65. The summed E-state index contributed by atoms with van der Waals surface area (Å²) in [5.41, 5.74) is 0.402. The minimum atomic E-state index is -3.99. The molecule has 21 heavy (non-hydrogen) atoms. The van der Waals surface area contributed by atoms with Crippen molar-refractivity contribution in [3.05, 3.63) is 11.4 Å². The lowest BCUT2D eigenvalue weighted by atomic mass is 9.85. The van der Waals surface area contributed by atoms with E-state index in [0.717, 1.165) is 25.7 Å². The lowest BCUT2D eigenvalue weighted by molar-refractivity contribution is 0.0735. The van der Waals surface area contributed by atoms with Gasteiger partial charge in [-0.15, -0.1) is 0 Å². The van der Waals surface area contributed by atoms with Crippen molar-refractivity contribution >= 4 is 25.6 Å². The number of hydrogen-bond donors (Lipinski definition) is 1. The molecule has 0 bridgehead atoms. The fourth-order valence-corrected chi connectivity index (χ4v) is 4.02. The van der Waals surface area contributed by atoms with Crippen LogP contribution in [0, 0.1) is 5.92 Å². The van der Waals surface area contributed by atoms with E-state index in [9.17, 15) is 13.2 Å². The van der Waals surface area contributed by atoms with E-state index in [2.05, 4.69) is 10.2 Å². The first kappa shape index (κ1) is 14.8. The van der Waals surface area contributed by atoms with E-state index in [1.54, 1.807) is 11.9 Å². The Morgan fingerprint density at radius 2 is 2.05 bits per heavy atom. The number of nitrogens with one attached hydrogen (secondary N) is 1. The van der Waals surface area contributed by atoms with Gasteiger partial charge in [0, 0.05) is 30.2 Å². The second kappa shape index (κ2) is 5.28. The fraction of sp³-hybridized carbons (Fsp3) is 0.692. The minimum absolute atomic E-state index is 0.0753. The molecular weight excluding hydrogens is 314 g/mol. The Kier molecular flexibility index (Phi) is 3.73. The van der Waals surface area contributed by atoms with Crippen LogP contribution in [0.4, 0.5) is 0 Å². The summed E-state index contributed by atoms with van der Waals surface area (Å²) < 4.78 is 23.6. The first-order chi connectivity index (χ1) is 9.88. The molecule has 6 nitrogen and oxygen atoms in total. The molecule has 0 spiro atoms. The van der Waals surface area contributed by atoms with Crippen molar-refractivity contribution in [3.63, 3.8) is 0 Å². The molecule has 3 rings (SSSR count). The number of amides is 1. The van der Waals surface area contributed by atoms with Crippen molar-refractivity contribution < 1.29 is 13.2 Å². The summed E-state index contributed by atoms with van der Waals surface area (Å²) >= 11 is 0. The van der Waals surface area contributed by atoms with Crippen molar-refractivity contribution in [2.24, 2.45) is 5.92 Å². The number of carbonyl (C=O) groups is 1. The summed E-state index contributed by atoms with van der Waals surface area (Å²) in [4.78, 5) is 13.9. The van der Waals surface area contributed by atoms with Crippen molar-refractivity contribution in [2.45, 2.75) is 42.9 Å². The van der Waals surface area contributed by atoms with Gasteiger partial charge in [0.1, 0.15) is 4.90 Å². The molecule has 1 amide bonds. The van der Waals surface area contributed by atoms with Gasteiger partial charge in [-0.05, 0) is 31.6 Å². The number of aromatic amines is 1. The predicted molar refractivity (Wildman–Crippen MR) is 77.9 cm³/mol. The highest BCUT2D eigenvalue weighted by atomic mass is 35.7. The third-order valence-electron chi connectivity index (χ3n) is 4.28. The summed E-state index contributed by atoms with van der Waals surface area (Å²) in [5, 5.41) is 6.63. The molecule has 0 aromatic carbocycles. The number of hydrogen-bond acceptors (Lipinski definition) is 4. The van der Waals surface area contributed by atoms with Gasteiger partial charge in [0.15, 0.2) is 5.69 Å². The number of rotatable bonds is 5. The number of aromatic nitrogens is 2. The molecule has 116 valence electrons. The Bertz CT molecular complexity index is 662. The van der Waals surface area contributed by atoms with Gasteiger partial charge >= 0.3 is 0 Å². The van der Waals surface area contributed by atoms with E-state index in [0.29, 0.717) is 18.2 Å². The molecular formula is C13H18ClN3O3S. The summed E-state index contributed by atoms with van der Waals surface area (Å²) in [6.07, 6.45) is 5.22. The quantitative estimate of drug-likeness (QED) is 0.837. The smallest absolute Gasteiger partial charge is 0.275 e. The fourth-order valence-electron chi connectivity index (χ4n) is 2.71. The third kappa shape index (κ3) is 2.94. The minimum Gasteiger partial charge on any atom is -0.340 e. The topological polar surface area (TPSA) is 83.1 Å². The van der Waals surface area contributed by atoms with E-state index in [-0.39, 0.29) is 22.4 Å². The molecule has 1 aromatic heterocycles. The normalized spacial score (nSPS) is 19.3. The van der Waals surface area contributed by atoms with E-state index >= 15 is 0 Å². The van der Waals surface area contributed by atoms with Crippen LogP contribution in [0.2, 0.25) is 0 Å². The van der Waals surface area contributed by atoms with Crippen LogP contribution >= 0.6 is 10.7 Å². The molecule has 2 aliphatic carbocycles. The van der Waals surface area contributed by atoms with Crippen LogP contribution in [0.25, 0.3) is 0 Å². The maximum absolute atomic E-state index is 12.5. The second-order valence-corrected chi connectivity index (χ2v) is 8.51. The largest absolute Gasteiger partial charge is 0.340 e. The highest BCUT2D eigenvalue weighted by molar-refractivity contribution is 8.13. The lowest BCUT2D eigenvalue weighted by Crippen LogP contribution is -2.35. The zero-order valence-corrected chi connectivity index (χ0v) is 13.4. The van der Waals surface area contributed by atoms with Crippen molar-refractivity contribution in [1.82, 2.24) is 15.1 Å². The molecule has 2 saturated carbocycles. The Morgan fingerprint density at radius 3 is 2.52 bits per heavy atom. The number of halogens is 1. The zero-order valence-electron chi connectivity index (χ0n) is 11.8. The molecule has 0 radical (unpaired) electrons. The molecule has 1 heterocycles. The molecule has 0 aliphatic heterocycles. The van der Waals surface area contributed by atoms with Gasteiger partial charge in [0.25, 0.3) is 15.0 Å². The second-order valence-electron chi connectivity index (χ2n) is 6.01. The average Bonchev–Trinajstić information content (AvgIpc) is 3.09. The first-order valence-corrected chi connectivity index (χ1v) is 9.47. The number of H-pyrrole nitrogens is 1. The molecule has 1 N–H and O–H groups in total. The van der Waals surface area contributed by atoms with Gasteiger partial charge in [0.2, 0.25) is 0 Å². The monoisotopic (exact) mass is 331 g/mol. The first-order valence-electron chi connectivity index (χ1n) is 7.16. The van der Waals surface area contributed by atoms with Crippen LogP contribution in [0.1, 0.15) is 54.2 Å². The summed E-state index contributed by atoms with van der Waals surface area (Å²) in [5.74, 6) is 0.251. The number of carbonyl (C=O) groups excluding carboxylic acids is 1. The van der Waals surface area contributed by atoms with E-state index in [1.807, 2.05) is 0 Å². The maximum atomic E-state index is 12.5. The lowest BCUT2D eigenvalue weighted by Gasteiger charge is -2.29. The molecule has 0 unspecified atom stereocenters. The molecule has 8 heteroatoms. The van der Waals surface area contributed by atoms with Crippen LogP contribution in [-0.4, -0.2) is 43.0 Å². The average molecular weight is 332 g/mol.